The van der Waals surface area contributed by atoms with Gasteiger partial charge in [0.25, 0.3) is 0 Å². The summed E-state index contributed by atoms with van der Waals surface area (Å²) in [4.78, 5) is 9.12. The highest BCUT2D eigenvalue weighted by molar-refractivity contribution is 7.99. The molecule has 3 heterocycles. The second kappa shape index (κ2) is 9.30. The number of fused-ring (bicyclic) bond motifs is 1. The molecule has 2 fully saturated rings. The number of hydrogen-bond acceptors (Lipinski definition) is 10. The summed E-state index contributed by atoms with van der Waals surface area (Å²) < 4.78 is 33.8. The van der Waals surface area contributed by atoms with Crippen molar-refractivity contribution in [3.05, 3.63) is 35.4 Å². The lowest BCUT2D eigenvalue weighted by atomic mass is 10.1. The molecule has 2 aromatic heterocycles. The molecule has 6 atom stereocenters. The van der Waals surface area contributed by atoms with Crippen molar-refractivity contribution in [3.8, 4) is 0 Å². The fourth-order valence-electron chi connectivity index (χ4n) is 4.06. The van der Waals surface area contributed by atoms with Crippen LogP contribution in [0.5, 0.6) is 0 Å². The van der Waals surface area contributed by atoms with Gasteiger partial charge in [0.2, 0.25) is 0 Å². The molecule has 0 spiro atoms. The Morgan fingerprint density at radius 2 is 2.03 bits per heavy atom. The van der Waals surface area contributed by atoms with Gasteiger partial charge in [-0.05, 0) is 30.5 Å². The number of hydrogen-bond donors (Lipinski definition) is 4. The first-order valence-electron chi connectivity index (χ1n) is 11.0. The summed E-state index contributed by atoms with van der Waals surface area (Å²) >= 11 is 1.44. The number of halogens is 2. The third kappa shape index (κ3) is 4.22. The summed E-state index contributed by atoms with van der Waals surface area (Å²) in [5.41, 5.74) is 1.34. The zero-order valence-electron chi connectivity index (χ0n) is 18.2. The standard InChI is InChI=1S/C21H24F2N6O4S/c1-2-5-34-21-25-18(24-13-7-10(13)9-3-4-11(22)12(23)6-9)15-19(26-21)29(28-27-15)20-17(32)16(31)14(8-30)33-20/h3-4,6,10,13-14,16-17,20,30-32H,2,5,7-8H2,1H3,(H,24,25,26)/t10-,13+,14+,16+,17+,20+/m0/s1. The van der Waals surface area contributed by atoms with Crippen molar-refractivity contribution in [1.82, 2.24) is 25.0 Å². The average molecular weight is 495 g/mol. The summed E-state index contributed by atoms with van der Waals surface area (Å²) in [6.45, 7) is 1.57. The zero-order chi connectivity index (χ0) is 24.0. The molecule has 0 bridgehead atoms. The quantitative estimate of drug-likeness (QED) is 0.270. The summed E-state index contributed by atoms with van der Waals surface area (Å²) in [6, 6.07) is 3.83. The largest absolute Gasteiger partial charge is 0.394 e. The molecular formula is C21H24F2N6O4S. The molecule has 0 radical (unpaired) electrons. The molecule has 1 saturated carbocycles. The first-order valence-corrected chi connectivity index (χ1v) is 12.0. The smallest absolute Gasteiger partial charge is 0.191 e. The van der Waals surface area contributed by atoms with E-state index in [-0.39, 0.29) is 12.0 Å². The first kappa shape index (κ1) is 23.3. The fourth-order valence-corrected chi connectivity index (χ4v) is 4.76. The van der Waals surface area contributed by atoms with Crippen LogP contribution in [0, 0.1) is 11.6 Å². The molecule has 3 aromatic rings. The third-order valence-corrected chi connectivity index (χ3v) is 7.03. The number of aliphatic hydroxyl groups excluding tert-OH is 3. The minimum absolute atomic E-state index is 0.0117. The summed E-state index contributed by atoms with van der Waals surface area (Å²) in [7, 11) is 0. The van der Waals surface area contributed by atoms with Gasteiger partial charge >= 0.3 is 0 Å². The van der Waals surface area contributed by atoms with Crippen LogP contribution in [0.1, 0.15) is 37.5 Å². The van der Waals surface area contributed by atoms with Gasteiger partial charge < -0.3 is 25.4 Å². The Kier molecular flexibility index (Phi) is 6.37. The van der Waals surface area contributed by atoms with E-state index in [9.17, 15) is 24.1 Å². The van der Waals surface area contributed by atoms with Crippen molar-refractivity contribution in [3.63, 3.8) is 0 Å². The van der Waals surface area contributed by atoms with Crippen LogP contribution in [0.4, 0.5) is 14.6 Å². The minimum Gasteiger partial charge on any atom is -0.394 e. The second-order valence-corrected chi connectivity index (χ2v) is 9.47. The molecule has 4 N–H and O–H groups in total. The van der Waals surface area contributed by atoms with Crippen LogP contribution in [-0.2, 0) is 4.74 Å². The van der Waals surface area contributed by atoms with Crippen molar-refractivity contribution in [2.45, 2.75) is 61.4 Å². The van der Waals surface area contributed by atoms with Crippen molar-refractivity contribution >= 4 is 28.7 Å². The third-order valence-electron chi connectivity index (χ3n) is 5.98. The van der Waals surface area contributed by atoms with Gasteiger partial charge in [0.15, 0.2) is 40.0 Å². The van der Waals surface area contributed by atoms with Crippen molar-refractivity contribution < 1.29 is 28.8 Å². The second-order valence-electron chi connectivity index (χ2n) is 8.40. The molecule has 1 aromatic carbocycles. The number of rotatable bonds is 8. The molecule has 5 rings (SSSR count). The van der Waals surface area contributed by atoms with Gasteiger partial charge in [-0.1, -0.05) is 30.0 Å². The Bertz CT molecular complexity index is 1200. The van der Waals surface area contributed by atoms with Crippen LogP contribution in [0.3, 0.4) is 0 Å². The summed E-state index contributed by atoms with van der Waals surface area (Å²) in [6.07, 6.45) is -3.05. The van der Waals surface area contributed by atoms with Crippen LogP contribution in [0.2, 0.25) is 0 Å². The minimum atomic E-state index is -1.33. The van der Waals surface area contributed by atoms with Crippen LogP contribution in [0.15, 0.2) is 23.4 Å². The summed E-state index contributed by atoms with van der Waals surface area (Å²) in [5, 5.41) is 42.0. The molecule has 13 heteroatoms. The summed E-state index contributed by atoms with van der Waals surface area (Å²) in [5.74, 6) is -0.571. The number of aliphatic hydroxyl groups is 3. The van der Waals surface area contributed by atoms with Crippen molar-refractivity contribution in [2.24, 2.45) is 0 Å². The van der Waals surface area contributed by atoms with Gasteiger partial charge in [0.05, 0.1) is 6.61 Å². The van der Waals surface area contributed by atoms with Crippen LogP contribution >= 0.6 is 11.8 Å². The van der Waals surface area contributed by atoms with Gasteiger partial charge in [-0.15, -0.1) is 5.10 Å². The van der Waals surface area contributed by atoms with Gasteiger partial charge in [-0.3, -0.25) is 0 Å². The van der Waals surface area contributed by atoms with Crippen LogP contribution < -0.4 is 5.32 Å². The average Bonchev–Trinajstić information content (AvgIpc) is 3.37. The monoisotopic (exact) mass is 494 g/mol. The predicted molar refractivity (Wildman–Crippen MR) is 118 cm³/mol. The van der Waals surface area contributed by atoms with E-state index < -0.39 is 42.8 Å². The number of nitrogens with one attached hydrogen (secondary N) is 1. The zero-order valence-corrected chi connectivity index (χ0v) is 19.0. The van der Waals surface area contributed by atoms with Gasteiger partial charge in [-0.25, -0.2) is 18.7 Å². The molecule has 1 aliphatic carbocycles. The molecule has 0 amide bonds. The Hall–Kier alpha value is -2.45. The van der Waals surface area contributed by atoms with Crippen LogP contribution in [-0.4, -0.2) is 77.0 Å². The highest BCUT2D eigenvalue weighted by atomic mass is 32.2. The lowest BCUT2D eigenvalue weighted by molar-refractivity contribution is -0.0575. The Morgan fingerprint density at radius 1 is 1.21 bits per heavy atom. The number of anilines is 1. The van der Waals surface area contributed by atoms with E-state index in [1.165, 1.54) is 22.5 Å². The predicted octanol–water partition coefficient (Wildman–Crippen LogP) is 1.58. The Balaban J connectivity index is 1.45. The van der Waals surface area contributed by atoms with E-state index in [1.54, 1.807) is 6.07 Å². The molecular weight excluding hydrogens is 470 g/mol. The highest BCUT2D eigenvalue weighted by Crippen LogP contribution is 2.44. The number of ether oxygens (including phenoxy) is 1. The molecule has 34 heavy (non-hydrogen) atoms. The maximum Gasteiger partial charge on any atom is 0.191 e. The van der Waals surface area contributed by atoms with Gasteiger partial charge in [-0.2, -0.15) is 4.68 Å². The van der Waals surface area contributed by atoms with Gasteiger partial charge in [0.1, 0.15) is 18.3 Å². The maximum absolute atomic E-state index is 13.7. The maximum atomic E-state index is 13.7. The van der Waals surface area contributed by atoms with E-state index in [4.69, 9.17) is 4.74 Å². The Labute approximate surface area is 197 Å². The van der Waals surface area contributed by atoms with Crippen molar-refractivity contribution in [2.75, 3.05) is 17.7 Å². The number of thioether (sulfide) groups is 1. The molecule has 0 unspecified atom stereocenters. The number of benzene rings is 1. The lowest BCUT2D eigenvalue weighted by Crippen LogP contribution is -2.33. The highest BCUT2D eigenvalue weighted by Gasteiger charge is 2.45. The van der Waals surface area contributed by atoms with E-state index in [2.05, 4.69) is 25.6 Å². The molecule has 2 aliphatic rings. The van der Waals surface area contributed by atoms with E-state index in [0.717, 1.165) is 18.2 Å². The number of aromatic nitrogens is 5. The lowest BCUT2D eigenvalue weighted by Gasteiger charge is -2.15. The fraction of sp³-hybridized carbons (Fsp3) is 0.524. The van der Waals surface area contributed by atoms with E-state index in [1.807, 2.05) is 6.92 Å². The molecule has 182 valence electrons. The van der Waals surface area contributed by atoms with Crippen LogP contribution in [0.25, 0.3) is 11.2 Å². The molecule has 1 aliphatic heterocycles. The van der Waals surface area contributed by atoms with Crippen molar-refractivity contribution in [1.29, 1.82) is 0 Å². The first-order chi connectivity index (χ1) is 16.4. The molecule has 10 nitrogen and oxygen atoms in total. The normalized spacial score (nSPS) is 28.5. The topological polar surface area (TPSA) is 138 Å². The molecule has 1 saturated heterocycles. The Morgan fingerprint density at radius 3 is 2.74 bits per heavy atom. The SMILES string of the molecule is CCCSc1nc(N[C@@H]2C[C@H]2c2ccc(F)c(F)c2)c2nnn([C@@H]3O[C@H](CO)[C@@H](O)[C@H]3O)c2n1. The van der Waals surface area contributed by atoms with Gasteiger partial charge in [0, 0.05) is 17.7 Å². The number of nitrogens with zero attached hydrogens (tertiary/aromatic N) is 5. The van der Waals surface area contributed by atoms with E-state index in [0.29, 0.717) is 34.1 Å². The van der Waals surface area contributed by atoms with E-state index >= 15 is 0 Å².